The number of nitrogens with zero attached hydrogens (tertiary/aromatic N) is 4. The predicted molar refractivity (Wildman–Crippen MR) is 94.9 cm³/mol. The van der Waals surface area contributed by atoms with Gasteiger partial charge >= 0.3 is 0 Å². The highest BCUT2D eigenvalue weighted by atomic mass is 16.5. The van der Waals surface area contributed by atoms with Crippen LogP contribution in [0.5, 0.6) is 0 Å². The quantitative estimate of drug-likeness (QED) is 0.763. The lowest BCUT2D eigenvalue weighted by atomic mass is 10.0. The summed E-state index contributed by atoms with van der Waals surface area (Å²) < 4.78 is 7.13. The Hall–Kier alpha value is -1.40. The number of aromatic nitrogens is 2. The molecule has 1 amide bonds. The summed E-state index contributed by atoms with van der Waals surface area (Å²) in [4.78, 5) is 17.5. The minimum atomic E-state index is 0.0119. The molecule has 0 N–H and O–H groups in total. The van der Waals surface area contributed by atoms with Crippen LogP contribution in [-0.2, 0) is 23.1 Å². The fourth-order valence-electron chi connectivity index (χ4n) is 3.57. The molecule has 6 heteroatoms. The number of hydrogen-bond acceptors (Lipinski definition) is 4. The summed E-state index contributed by atoms with van der Waals surface area (Å²) in [6.45, 7) is 9.96. The Balaban J connectivity index is 2.18. The molecule has 6 nitrogen and oxygen atoms in total. The van der Waals surface area contributed by atoms with Gasteiger partial charge in [0.2, 0.25) is 5.91 Å². The largest absolute Gasteiger partial charge is 0.383 e. The molecule has 1 aliphatic heterocycles. The van der Waals surface area contributed by atoms with E-state index in [9.17, 15) is 4.79 Å². The van der Waals surface area contributed by atoms with E-state index < -0.39 is 0 Å². The van der Waals surface area contributed by atoms with Crippen molar-refractivity contribution in [2.75, 3.05) is 33.4 Å². The topological polar surface area (TPSA) is 50.6 Å². The van der Waals surface area contributed by atoms with Gasteiger partial charge < -0.3 is 9.64 Å². The Morgan fingerprint density at radius 3 is 2.71 bits per heavy atom. The number of likely N-dealkylation sites (N-methyl/N-ethyl adjacent to an activating group) is 1. The van der Waals surface area contributed by atoms with Gasteiger partial charge in [-0.25, -0.2) is 0 Å². The van der Waals surface area contributed by atoms with Crippen LogP contribution in [0.4, 0.5) is 0 Å². The molecule has 0 unspecified atom stereocenters. The molecule has 2 heterocycles. The van der Waals surface area contributed by atoms with Gasteiger partial charge in [-0.05, 0) is 39.8 Å². The van der Waals surface area contributed by atoms with E-state index in [0.717, 1.165) is 42.9 Å². The molecule has 0 saturated carbocycles. The van der Waals surface area contributed by atoms with E-state index >= 15 is 0 Å². The molecule has 1 fully saturated rings. The van der Waals surface area contributed by atoms with Crippen molar-refractivity contribution < 1.29 is 9.53 Å². The number of piperidine rings is 1. The maximum absolute atomic E-state index is 13.2. The molecule has 1 aromatic heterocycles. The summed E-state index contributed by atoms with van der Waals surface area (Å²) in [5.74, 6) is 0.233. The second-order valence-corrected chi connectivity index (χ2v) is 6.67. The van der Waals surface area contributed by atoms with E-state index in [1.165, 1.54) is 6.42 Å². The molecule has 1 saturated heterocycles. The average molecular weight is 336 g/mol. The lowest BCUT2D eigenvalue weighted by molar-refractivity contribution is -0.139. The molecule has 0 aliphatic carbocycles. The molecule has 1 aliphatic rings. The van der Waals surface area contributed by atoms with Crippen LogP contribution in [0, 0.1) is 13.8 Å². The third-order valence-corrected chi connectivity index (χ3v) is 5.19. The molecule has 0 radical (unpaired) electrons. The number of hydrogen-bond donors (Lipinski definition) is 0. The summed E-state index contributed by atoms with van der Waals surface area (Å²) >= 11 is 0. The van der Waals surface area contributed by atoms with E-state index in [1.54, 1.807) is 7.11 Å². The van der Waals surface area contributed by atoms with Gasteiger partial charge in [0.1, 0.15) is 0 Å². The molecular formula is C18H32N4O2. The van der Waals surface area contributed by atoms with Crippen molar-refractivity contribution in [3.63, 3.8) is 0 Å². The number of carbonyl (C=O) groups excluding carboxylic acids is 1. The zero-order valence-electron chi connectivity index (χ0n) is 15.8. The first-order valence-electron chi connectivity index (χ1n) is 9.00. The summed E-state index contributed by atoms with van der Waals surface area (Å²) in [5, 5.41) is 4.48. The first-order valence-corrected chi connectivity index (χ1v) is 9.00. The van der Waals surface area contributed by atoms with Gasteiger partial charge in [0.15, 0.2) is 0 Å². The number of aryl methyl sites for hydroxylation is 2. The van der Waals surface area contributed by atoms with Crippen molar-refractivity contribution in [3.05, 3.63) is 17.0 Å². The molecule has 24 heavy (non-hydrogen) atoms. The van der Waals surface area contributed by atoms with E-state index in [2.05, 4.69) is 23.8 Å². The summed E-state index contributed by atoms with van der Waals surface area (Å²) in [7, 11) is 3.63. The molecule has 0 bridgehead atoms. The van der Waals surface area contributed by atoms with E-state index in [1.807, 2.05) is 23.6 Å². The molecule has 0 spiro atoms. The summed E-state index contributed by atoms with van der Waals surface area (Å²) in [6.07, 6.45) is 3.29. The van der Waals surface area contributed by atoms with Gasteiger partial charge in [-0.15, -0.1) is 0 Å². The van der Waals surface area contributed by atoms with Gasteiger partial charge in [-0.2, -0.15) is 5.10 Å². The monoisotopic (exact) mass is 336 g/mol. The number of rotatable bonds is 7. The lowest BCUT2D eigenvalue weighted by Crippen LogP contribution is -2.51. The van der Waals surface area contributed by atoms with Gasteiger partial charge in [0.05, 0.1) is 18.3 Å². The third kappa shape index (κ3) is 4.16. The van der Waals surface area contributed by atoms with Crippen LogP contribution in [0.3, 0.4) is 0 Å². The van der Waals surface area contributed by atoms with Crippen LogP contribution in [0.15, 0.2) is 0 Å². The maximum Gasteiger partial charge on any atom is 0.240 e. The van der Waals surface area contributed by atoms with Crippen LogP contribution in [0.1, 0.15) is 43.1 Å². The zero-order chi connectivity index (χ0) is 17.7. The second kappa shape index (κ2) is 8.62. The minimum absolute atomic E-state index is 0.0119. The highest BCUT2D eigenvalue weighted by Crippen LogP contribution is 2.21. The molecule has 1 aromatic rings. The molecule has 136 valence electrons. The number of methoxy groups -OCH3 is 1. The van der Waals surface area contributed by atoms with Gasteiger partial charge in [0.25, 0.3) is 0 Å². The molecule has 2 rings (SSSR count). The van der Waals surface area contributed by atoms with Crippen molar-refractivity contribution in [2.24, 2.45) is 7.05 Å². The number of amides is 1. The van der Waals surface area contributed by atoms with E-state index in [-0.39, 0.29) is 11.9 Å². The highest BCUT2D eigenvalue weighted by Gasteiger charge is 2.31. The highest BCUT2D eigenvalue weighted by molar-refractivity contribution is 5.82. The van der Waals surface area contributed by atoms with Crippen molar-refractivity contribution in [3.8, 4) is 0 Å². The summed E-state index contributed by atoms with van der Waals surface area (Å²) in [6, 6.07) is 0.0119. The van der Waals surface area contributed by atoms with Crippen LogP contribution < -0.4 is 0 Å². The standard InChI is InChI=1S/C18H32N4O2/c1-6-21-10-8-7-9-17(21)18(23)22(11-12-24-5)13-16-14(2)19-20(4)15(16)3/h17H,6-13H2,1-5H3/t17-/m0/s1. The van der Waals surface area contributed by atoms with Crippen molar-refractivity contribution in [1.82, 2.24) is 19.6 Å². The number of ether oxygens (including phenoxy) is 1. The minimum Gasteiger partial charge on any atom is -0.383 e. The third-order valence-electron chi connectivity index (χ3n) is 5.19. The smallest absolute Gasteiger partial charge is 0.240 e. The van der Waals surface area contributed by atoms with Crippen molar-refractivity contribution in [2.45, 2.75) is 52.6 Å². The van der Waals surface area contributed by atoms with Crippen molar-refractivity contribution in [1.29, 1.82) is 0 Å². The van der Waals surface area contributed by atoms with E-state index in [4.69, 9.17) is 4.74 Å². The molecule has 1 atom stereocenters. The second-order valence-electron chi connectivity index (χ2n) is 6.67. The Bertz CT molecular complexity index is 555. The maximum atomic E-state index is 13.2. The predicted octanol–water partition coefficient (Wildman–Crippen LogP) is 1.89. The van der Waals surface area contributed by atoms with Gasteiger partial charge in [0, 0.05) is 38.5 Å². The first-order chi connectivity index (χ1) is 11.5. The Morgan fingerprint density at radius 1 is 1.38 bits per heavy atom. The molecular weight excluding hydrogens is 304 g/mol. The SMILES string of the molecule is CCN1CCCC[C@H]1C(=O)N(CCOC)Cc1c(C)nn(C)c1C. The first kappa shape index (κ1) is 18.9. The Kier molecular flexibility index (Phi) is 6.80. The van der Waals surface area contributed by atoms with Crippen LogP contribution in [0.25, 0.3) is 0 Å². The number of likely N-dealkylation sites (tertiary alicyclic amines) is 1. The van der Waals surface area contributed by atoms with Gasteiger partial charge in [-0.1, -0.05) is 13.3 Å². The van der Waals surface area contributed by atoms with Crippen molar-refractivity contribution >= 4 is 5.91 Å². The van der Waals surface area contributed by atoms with E-state index in [0.29, 0.717) is 19.7 Å². The Morgan fingerprint density at radius 2 is 2.12 bits per heavy atom. The fourth-order valence-corrected chi connectivity index (χ4v) is 3.57. The number of carbonyl (C=O) groups is 1. The van der Waals surface area contributed by atoms with Gasteiger partial charge in [-0.3, -0.25) is 14.4 Å². The Labute approximate surface area is 145 Å². The zero-order valence-corrected chi connectivity index (χ0v) is 15.8. The van der Waals surface area contributed by atoms with Crippen LogP contribution in [0.2, 0.25) is 0 Å². The fraction of sp³-hybridized carbons (Fsp3) is 0.778. The lowest BCUT2D eigenvalue weighted by Gasteiger charge is -2.37. The van der Waals surface area contributed by atoms with Crippen LogP contribution in [-0.4, -0.2) is 64.9 Å². The summed E-state index contributed by atoms with van der Waals surface area (Å²) in [5.41, 5.74) is 3.28. The molecule has 0 aromatic carbocycles. The van der Waals surface area contributed by atoms with Crippen LogP contribution >= 0.6 is 0 Å². The normalized spacial score (nSPS) is 18.8. The average Bonchev–Trinajstić information content (AvgIpc) is 2.83.